The van der Waals surface area contributed by atoms with Gasteiger partial charge in [0.25, 0.3) is 0 Å². The van der Waals surface area contributed by atoms with Gasteiger partial charge in [0.2, 0.25) is 5.91 Å². The molecular weight excluding hydrogens is 401 g/mol. The Balaban J connectivity index is 1.60. The van der Waals surface area contributed by atoms with Crippen LogP contribution in [0.25, 0.3) is 21.9 Å². The first kappa shape index (κ1) is 19.5. The van der Waals surface area contributed by atoms with Crippen molar-refractivity contribution in [1.29, 1.82) is 0 Å². The highest BCUT2D eigenvalue weighted by Crippen LogP contribution is 2.30. The van der Waals surface area contributed by atoms with Crippen LogP contribution in [-0.2, 0) is 6.42 Å². The lowest BCUT2D eigenvalue weighted by atomic mass is 9.95. The molecule has 1 amide bonds. The predicted octanol–water partition coefficient (Wildman–Crippen LogP) is 6.81. The number of hydrogen-bond donors (Lipinski definition) is 1. The lowest BCUT2D eigenvalue weighted by molar-refractivity contribution is 0.100. The van der Waals surface area contributed by atoms with Crippen LogP contribution in [0, 0.1) is 6.92 Å². The quantitative estimate of drug-likeness (QED) is 0.387. The Morgan fingerprint density at radius 1 is 0.793 bits per heavy atom. The largest absolute Gasteiger partial charge is 0.366 e. The van der Waals surface area contributed by atoms with Crippen molar-refractivity contribution in [2.75, 3.05) is 0 Å². The Morgan fingerprint density at radius 3 is 2.07 bits per heavy atom. The zero-order chi connectivity index (χ0) is 20.5. The van der Waals surface area contributed by atoms with Crippen molar-refractivity contribution >= 4 is 39.9 Å². The second-order valence-electron chi connectivity index (χ2n) is 7.22. The number of halogens is 2. The molecule has 144 valence electrons. The number of amides is 1. The maximum absolute atomic E-state index is 11.3. The molecule has 0 aliphatic carbocycles. The summed E-state index contributed by atoms with van der Waals surface area (Å²) in [6.45, 7) is 2.10. The summed E-state index contributed by atoms with van der Waals surface area (Å²) in [5.41, 5.74) is 11.7. The molecule has 4 aromatic carbocycles. The van der Waals surface area contributed by atoms with Crippen LogP contribution in [-0.4, -0.2) is 5.91 Å². The van der Waals surface area contributed by atoms with Crippen molar-refractivity contribution in [3.63, 3.8) is 0 Å². The molecule has 0 spiro atoms. The highest BCUT2D eigenvalue weighted by Gasteiger charge is 2.07. The van der Waals surface area contributed by atoms with E-state index in [0.29, 0.717) is 15.6 Å². The van der Waals surface area contributed by atoms with E-state index in [4.69, 9.17) is 28.9 Å². The molecule has 2 N–H and O–H groups in total. The third kappa shape index (κ3) is 4.14. The van der Waals surface area contributed by atoms with Gasteiger partial charge < -0.3 is 5.73 Å². The number of carbonyl (C=O) groups excluding carboxylic acids is 1. The summed E-state index contributed by atoms with van der Waals surface area (Å²) in [4.78, 5) is 11.3. The maximum Gasteiger partial charge on any atom is 0.248 e. The average Bonchev–Trinajstić information content (AvgIpc) is 2.69. The summed E-state index contributed by atoms with van der Waals surface area (Å²) in [6.07, 6.45) is 0.831. The number of benzene rings is 4. The number of rotatable bonds is 4. The molecule has 0 unspecified atom stereocenters. The van der Waals surface area contributed by atoms with Gasteiger partial charge in [0.05, 0.1) is 10.0 Å². The van der Waals surface area contributed by atoms with E-state index in [1.165, 1.54) is 16.7 Å². The Morgan fingerprint density at radius 2 is 1.41 bits per heavy atom. The van der Waals surface area contributed by atoms with E-state index in [-0.39, 0.29) is 0 Å². The molecule has 4 heteroatoms. The molecule has 2 nitrogen and oxygen atoms in total. The number of nitrogens with two attached hydrogens (primary N) is 1. The number of carbonyl (C=O) groups is 1. The second-order valence-corrected chi connectivity index (χ2v) is 8.03. The first-order chi connectivity index (χ1) is 13.9. The van der Waals surface area contributed by atoms with E-state index in [2.05, 4.69) is 43.3 Å². The molecular formula is C25H19Cl2NO. The molecule has 0 heterocycles. The average molecular weight is 420 g/mol. The first-order valence-corrected chi connectivity index (χ1v) is 10.0. The number of hydrogen-bond acceptors (Lipinski definition) is 1. The van der Waals surface area contributed by atoms with Crippen molar-refractivity contribution in [3.8, 4) is 11.1 Å². The molecule has 4 rings (SSSR count). The molecule has 0 saturated carbocycles. The van der Waals surface area contributed by atoms with Crippen molar-refractivity contribution < 1.29 is 4.79 Å². The zero-order valence-electron chi connectivity index (χ0n) is 15.9. The topological polar surface area (TPSA) is 43.1 Å². The highest BCUT2D eigenvalue weighted by atomic mass is 35.5. The number of fused-ring (bicyclic) bond motifs is 1. The summed E-state index contributed by atoms with van der Waals surface area (Å²) >= 11 is 12.3. The van der Waals surface area contributed by atoms with Crippen LogP contribution < -0.4 is 5.73 Å². The van der Waals surface area contributed by atoms with E-state index in [1.807, 2.05) is 24.3 Å². The minimum absolute atomic E-state index is 0.414. The lowest BCUT2D eigenvalue weighted by Gasteiger charge is -2.10. The fourth-order valence-electron chi connectivity index (χ4n) is 3.61. The maximum atomic E-state index is 11.3. The monoisotopic (exact) mass is 419 g/mol. The molecule has 0 radical (unpaired) electrons. The minimum Gasteiger partial charge on any atom is -0.366 e. The van der Waals surface area contributed by atoms with E-state index < -0.39 is 5.91 Å². The van der Waals surface area contributed by atoms with Gasteiger partial charge in [0.15, 0.2) is 0 Å². The van der Waals surface area contributed by atoms with Gasteiger partial charge in [-0.15, -0.1) is 0 Å². The Hall–Kier alpha value is -2.81. The van der Waals surface area contributed by atoms with Gasteiger partial charge in [-0.3, -0.25) is 4.79 Å². The van der Waals surface area contributed by atoms with Crippen LogP contribution in [0.1, 0.15) is 27.0 Å². The molecule has 0 aromatic heterocycles. The third-order valence-corrected chi connectivity index (χ3v) is 5.85. The van der Waals surface area contributed by atoms with Gasteiger partial charge in [-0.05, 0) is 76.2 Å². The second kappa shape index (κ2) is 7.90. The van der Waals surface area contributed by atoms with Crippen LogP contribution in [0.5, 0.6) is 0 Å². The smallest absolute Gasteiger partial charge is 0.248 e. The zero-order valence-corrected chi connectivity index (χ0v) is 17.4. The fourth-order valence-corrected chi connectivity index (χ4v) is 3.96. The summed E-state index contributed by atoms with van der Waals surface area (Å²) < 4.78 is 0. The van der Waals surface area contributed by atoms with Gasteiger partial charge in [-0.25, -0.2) is 0 Å². The minimum atomic E-state index is -0.414. The molecule has 0 fully saturated rings. The van der Waals surface area contributed by atoms with Crippen LogP contribution in [0.15, 0.2) is 72.8 Å². The van der Waals surface area contributed by atoms with Gasteiger partial charge >= 0.3 is 0 Å². The summed E-state index contributed by atoms with van der Waals surface area (Å²) in [5.74, 6) is -0.414. The molecule has 0 aliphatic rings. The summed E-state index contributed by atoms with van der Waals surface area (Å²) in [5, 5.41) is 3.30. The standard InChI is InChI=1S/C25H19Cl2NO/c1-15-10-16(3-9-22(15)18-5-7-19(8-6-18)25(28)29)11-17-2-4-20-13-23(26)24(27)14-21(20)12-17/h2-10,12-14H,11H2,1H3,(H2,28,29). The van der Waals surface area contributed by atoms with Gasteiger partial charge in [-0.1, -0.05) is 71.7 Å². The lowest BCUT2D eigenvalue weighted by Crippen LogP contribution is -2.10. The van der Waals surface area contributed by atoms with Crippen LogP contribution >= 0.6 is 23.2 Å². The van der Waals surface area contributed by atoms with E-state index in [0.717, 1.165) is 28.3 Å². The fraction of sp³-hybridized carbons (Fsp3) is 0.0800. The summed E-state index contributed by atoms with van der Waals surface area (Å²) in [6, 6.07) is 24.0. The SMILES string of the molecule is Cc1cc(Cc2ccc3cc(Cl)c(Cl)cc3c2)ccc1-c1ccc(C(N)=O)cc1. The highest BCUT2D eigenvalue weighted by molar-refractivity contribution is 6.42. The van der Waals surface area contributed by atoms with Crippen LogP contribution in [0.3, 0.4) is 0 Å². The molecule has 0 aliphatic heterocycles. The van der Waals surface area contributed by atoms with E-state index in [1.54, 1.807) is 12.1 Å². The Kier molecular flexibility index (Phi) is 5.31. The Labute approximate surface area is 179 Å². The van der Waals surface area contributed by atoms with E-state index >= 15 is 0 Å². The van der Waals surface area contributed by atoms with Gasteiger partial charge in [0, 0.05) is 5.56 Å². The van der Waals surface area contributed by atoms with Crippen molar-refractivity contribution in [2.24, 2.45) is 5.73 Å². The molecule has 29 heavy (non-hydrogen) atoms. The van der Waals surface area contributed by atoms with Gasteiger partial charge in [-0.2, -0.15) is 0 Å². The third-order valence-electron chi connectivity index (χ3n) is 5.12. The number of aryl methyl sites for hydroxylation is 1. The Bertz CT molecular complexity index is 1230. The molecule has 0 atom stereocenters. The molecule has 0 bridgehead atoms. The molecule has 0 saturated heterocycles. The summed E-state index contributed by atoms with van der Waals surface area (Å²) in [7, 11) is 0. The van der Waals surface area contributed by atoms with Crippen molar-refractivity contribution in [2.45, 2.75) is 13.3 Å². The van der Waals surface area contributed by atoms with Gasteiger partial charge in [0.1, 0.15) is 0 Å². The van der Waals surface area contributed by atoms with Crippen molar-refractivity contribution in [3.05, 3.63) is 105 Å². The normalized spacial score (nSPS) is 11.0. The van der Waals surface area contributed by atoms with Crippen LogP contribution in [0.2, 0.25) is 10.0 Å². The molecule has 4 aromatic rings. The first-order valence-electron chi connectivity index (χ1n) is 9.28. The van der Waals surface area contributed by atoms with Crippen LogP contribution in [0.4, 0.5) is 0 Å². The van der Waals surface area contributed by atoms with Crippen molar-refractivity contribution in [1.82, 2.24) is 0 Å². The number of primary amides is 1. The van der Waals surface area contributed by atoms with E-state index in [9.17, 15) is 4.79 Å². The predicted molar refractivity (Wildman–Crippen MR) is 122 cm³/mol.